The molecule has 1 fully saturated rings. The number of hydrogen-bond acceptors (Lipinski definition) is 10. The van der Waals surface area contributed by atoms with Crippen molar-refractivity contribution in [3.8, 4) is 0 Å². The number of carbonyl (C=O) groups is 4. The van der Waals surface area contributed by atoms with Gasteiger partial charge < -0.3 is 23.9 Å². The zero-order valence-corrected chi connectivity index (χ0v) is 18.1. The molecule has 0 bridgehead atoms. The van der Waals surface area contributed by atoms with Crippen LogP contribution < -0.4 is 0 Å². The number of Topliss-reactive ketones (excluding diaryl/α,β-unsaturated/α-hetero) is 1. The number of hydroxylamine groups is 2. The third kappa shape index (κ3) is 10.0. The first-order valence-electron chi connectivity index (χ1n) is 9.99. The molecule has 11 heteroatoms. The molecule has 31 heavy (non-hydrogen) atoms. The van der Waals surface area contributed by atoms with Crippen LogP contribution in [0.5, 0.6) is 0 Å². The molecule has 0 aromatic heterocycles. The van der Waals surface area contributed by atoms with Gasteiger partial charge in [-0.25, -0.2) is 4.79 Å². The minimum absolute atomic E-state index is 0.0283. The van der Waals surface area contributed by atoms with Crippen LogP contribution >= 0.6 is 0 Å². The first-order chi connectivity index (χ1) is 14.9. The van der Waals surface area contributed by atoms with E-state index in [9.17, 15) is 19.2 Å². The van der Waals surface area contributed by atoms with Gasteiger partial charge in [-0.15, -0.1) is 5.06 Å². The SMILES string of the molecule is C=COOCC(COC)(COCC)COCC(=O)CCCC(=O)ON1C(=O)CCC1=O. The third-order valence-corrected chi connectivity index (χ3v) is 4.27. The summed E-state index contributed by atoms with van der Waals surface area (Å²) < 4.78 is 16.3. The van der Waals surface area contributed by atoms with Crippen molar-refractivity contribution < 1.29 is 48.0 Å². The number of hydrogen-bond donors (Lipinski definition) is 0. The third-order valence-electron chi connectivity index (χ3n) is 4.27. The number of carbonyl (C=O) groups excluding carboxylic acids is 4. The fourth-order valence-corrected chi connectivity index (χ4v) is 2.77. The molecule has 1 unspecified atom stereocenters. The Morgan fingerprint density at radius 1 is 1.06 bits per heavy atom. The minimum Gasteiger partial charge on any atom is -0.384 e. The maximum absolute atomic E-state index is 12.1. The average molecular weight is 445 g/mol. The van der Waals surface area contributed by atoms with Gasteiger partial charge in [0.25, 0.3) is 11.8 Å². The van der Waals surface area contributed by atoms with E-state index < -0.39 is 23.2 Å². The molecule has 176 valence electrons. The van der Waals surface area contributed by atoms with Crippen LogP contribution in [0.15, 0.2) is 12.8 Å². The molecule has 0 aliphatic carbocycles. The quantitative estimate of drug-likeness (QED) is 0.0995. The number of amides is 2. The molecular formula is C20H31NO10. The number of methoxy groups -OCH3 is 1. The molecule has 0 aromatic rings. The summed E-state index contributed by atoms with van der Waals surface area (Å²) in [7, 11) is 1.53. The lowest BCUT2D eigenvalue weighted by atomic mass is 9.92. The van der Waals surface area contributed by atoms with Gasteiger partial charge in [-0.3, -0.25) is 14.4 Å². The van der Waals surface area contributed by atoms with E-state index >= 15 is 0 Å². The molecule has 0 radical (unpaired) electrons. The topological polar surface area (TPSA) is 127 Å². The lowest BCUT2D eigenvalue weighted by molar-refractivity contribution is -0.279. The standard InChI is InChI=1S/C20H31NO10/c1-4-27-13-20(12-26-3,15-30-29-5-2)14-28-11-16(22)7-6-8-19(25)31-21-17(23)9-10-18(21)24/h5H,2,4,6-15H2,1,3H3. The van der Waals surface area contributed by atoms with E-state index in [1.54, 1.807) is 0 Å². The number of nitrogens with zero attached hydrogens (tertiary/aromatic N) is 1. The van der Waals surface area contributed by atoms with Crippen molar-refractivity contribution in [3.05, 3.63) is 12.8 Å². The number of ketones is 1. The van der Waals surface area contributed by atoms with E-state index in [1.165, 1.54) is 7.11 Å². The Labute approximate surface area is 181 Å². The summed E-state index contributed by atoms with van der Waals surface area (Å²) in [6.07, 6.45) is 1.38. The summed E-state index contributed by atoms with van der Waals surface area (Å²) in [5, 5.41) is 0.485. The molecule has 1 heterocycles. The van der Waals surface area contributed by atoms with Crippen molar-refractivity contribution in [2.45, 2.75) is 39.0 Å². The highest BCUT2D eigenvalue weighted by Crippen LogP contribution is 2.21. The Hall–Kier alpha value is -2.34. The van der Waals surface area contributed by atoms with Gasteiger partial charge in [0.1, 0.15) is 19.5 Å². The van der Waals surface area contributed by atoms with Gasteiger partial charge in [0.05, 0.1) is 25.2 Å². The van der Waals surface area contributed by atoms with Crippen LogP contribution in [-0.4, -0.2) is 75.4 Å². The van der Waals surface area contributed by atoms with Crippen LogP contribution in [0, 0.1) is 5.41 Å². The Morgan fingerprint density at radius 3 is 2.35 bits per heavy atom. The normalized spacial score (nSPS) is 15.6. The molecule has 1 atom stereocenters. The minimum atomic E-state index is -0.743. The van der Waals surface area contributed by atoms with Gasteiger partial charge in [-0.1, -0.05) is 6.58 Å². The van der Waals surface area contributed by atoms with E-state index in [4.69, 9.17) is 28.8 Å². The van der Waals surface area contributed by atoms with E-state index in [1.807, 2.05) is 6.92 Å². The summed E-state index contributed by atoms with van der Waals surface area (Å²) >= 11 is 0. The van der Waals surface area contributed by atoms with Crippen LogP contribution in [0.4, 0.5) is 0 Å². The van der Waals surface area contributed by atoms with Gasteiger partial charge in [0, 0.05) is 39.4 Å². The second-order valence-corrected chi connectivity index (χ2v) is 7.03. The van der Waals surface area contributed by atoms with Crippen LogP contribution in [0.2, 0.25) is 0 Å². The summed E-state index contributed by atoms with van der Waals surface area (Å²) in [6.45, 7) is 6.30. The lowest BCUT2D eigenvalue weighted by Crippen LogP contribution is -2.41. The van der Waals surface area contributed by atoms with Crippen molar-refractivity contribution in [3.63, 3.8) is 0 Å². The first kappa shape index (κ1) is 26.7. The van der Waals surface area contributed by atoms with Gasteiger partial charge in [0.15, 0.2) is 5.78 Å². The van der Waals surface area contributed by atoms with Crippen molar-refractivity contribution in [2.75, 3.05) is 46.8 Å². The van der Waals surface area contributed by atoms with Crippen molar-refractivity contribution in [1.82, 2.24) is 5.06 Å². The fraction of sp³-hybridized carbons (Fsp3) is 0.700. The Bertz CT molecular complexity index is 607. The van der Waals surface area contributed by atoms with Crippen LogP contribution in [-0.2, 0) is 48.0 Å². The molecule has 0 aromatic carbocycles. The largest absolute Gasteiger partial charge is 0.384 e. The Morgan fingerprint density at radius 2 is 1.74 bits per heavy atom. The smallest absolute Gasteiger partial charge is 0.333 e. The van der Waals surface area contributed by atoms with E-state index in [0.717, 1.165) is 6.26 Å². The Kier molecular flexibility index (Phi) is 12.6. The highest BCUT2D eigenvalue weighted by atomic mass is 17.2. The molecule has 0 spiro atoms. The maximum Gasteiger partial charge on any atom is 0.333 e. The molecular weight excluding hydrogens is 414 g/mol. The summed E-state index contributed by atoms with van der Waals surface area (Å²) in [5.74, 6) is -2.05. The van der Waals surface area contributed by atoms with Gasteiger partial charge in [-0.05, 0) is 13.3 Å². The number of imide groups is 1. The first-order valence-corrected chi connectivity index (χ1v) is 9.99. The molecule has 0 saturated carbocycles. The van der Waals surface area contributed by atoms with Crippen LogP contribution in [0.25, 0.3) is 0 Å². The van der Waals surface area contributed by atoms with Crippen molar-refractivity contribution in [2.24, 2.45) is 5.41 Å². The van der Waals surface area contributed by atoms with E-state index in [0.29, 0.717) is 11.7 Å². The van der Waals surface area contributed by atoms with Gasteiger partial charge in [0.2, 0.25) is 0 Å². The molecule has 1 saturated heterocycles. The molecule has 1 aliphatic heterocycles. The second-order valence-electron chi connectivity index (χ2n) is 7.03. The zero-order chi connectivity index (χ0) is 23.1. The fourth-order valence-electron chi connectivity index (χ4n) is 2.77. The van der Waals surface area contributed by atoms with Crippen LogP contribution in [0.1, 0.15) is 39.0 Å². The molecule has 1 rings (SSSR count). The van der Waals surface area contributed by atoms with E-state index in [-0.39, 0.29) is 70.9 Å². The zero-order valence-electron chi connectivity index (χ0n) is 18.1. The van der Waals surface area contributed by atoms with Gasteiger partial charge in [-0.2, -0.15) is 4.89 Å². The Balaban J connectivity index is 2.37. The number of rotatable bonds is 18. The molecule has 1 aliphatic rings. The average Bonchev–Trinajstić information content (AvgIpc) is 3.04. The highest BCUT2D eigenvalue weighted by Gasteiger charge is 2.34. The summed E-state index contributed by atoms with van der Waals surface area (Å²) in [6, 6.07) is 0. The lowest BCUT2D eigenvalue weighted by Gasteiger charge is -2.31. The predicted molar refractivity (Wildman–Crippen MR) is 105 cm³/mol. The highest BCUT2D eigenvalue weighted by molar-refractivity contribution is 6.01. The maximum atomic E-state index is 12.1. The van der Waals surface area contributed by atoms with Gasteiger partial charge >= 0.3 is 5.97 Å². The van der Waals surface area contributed by atoms with Crippen molar-refractivity contribution in [1.29, 1.82) is 0 Å². The van der Waals surface area contributed by atoms with E-state index in [2.05, 4.69) is 6.58 Å². The summed E-state index contributed by atoms with van der Waals surface area (Å²) in [5.41, 5.74) is -0.688. The second kappa shape index (κ2) is 14.6. The number of ether oxygens (including phenoxy) is 3. The molecule has 0 N–H and O–H groups in total. The monoisotopic (exact) mass is 445 g/mol. The van der Waals surface area contributed by atoms with Crippen molar-refractivity contribution >= 4 is 23.6 Å². The van der Waals surface area contributed by atoms with Crippen LogP contribution in [0.3, 0.4) is 0 Å². The molecule has 11 nitrogen and oxygen atoms in total. The predicted octanol–water partition coefficient (Wildman–Crippen LogP) is 1.11. The molecule has 2 amide bonds. The summed E-state index contributed by atoms with van der Waals surface area (Å²) in [4.78, 5) is 61.2.